The molecule has 3 aromatic rings. The highest BCUT2D eigenvalue weighted by atomic mass is 19.2. The van der Waals surface area contributed by atoms with E-state index in [2.05, 4.69) is 5.32 Å². The fourth-order valence-electron chi connectivity index (χ4n) is 2.69. The highest BCUT2D eigenvalue weighted by Crippen LogP contribution is 2.20. The van der Waals surface area contributed by atoms with Crippen molar-refractivity contribution in [2.24, 2.45) is 0 Å². The number of hydrogen-bond acceptors (Lipinski definition) is 2. The molecule has 0 saturated heterocycles. The van der Waals surface area contributed by atoms with E-state index >= 15 is 0 Å². The molecule has 3 nitrogen and oxygen atoms in total. The second-order valence-electron chi connectivity index (χ2n) is 5.83. The van der Waals surface area contributed by atoms with Crippen LogP contribution in [0.25, 0.3) is 16.8 Å². The molecule has 1 amide bonds. The Hall–Kier alpha value is -3.05. The zero-order valence-electron chi connectivity index (χ0n) is 13.8. The lowest BCUT2D eigenvalue weighted by Crippen LogP contribution is -2.29. The lowest BCUT2D eigenvalue weighted by molar-refractivity contribution is -0.117. The van der Waals surface area contributed by atoms with Crippen molar-refractivity contribution in [3.8, 4) is 0 Å². The van der Waals surface area contributed by atoms with Gasteiger partial charge in [-0.2, -0.15) is 0 Å². The molecule has 0 fully saturated rings. The van der Waals surface area contributed by atoms with E-state index in [1.165, 1.54) is 18.2 Å². The first kappa shape index (κ1) is 17.8. The number of halogens is 2. The van der Waals surface area contributed by atoms with Gasteiger partial charge < -0.3 is 10.4 Å². The number of nitrogens with one attached hydrogen (secondary N) is 1. The van der Waals surface area contributed by atoms with Crippen molar-refractivity contribution in [1.29, 1.82) is 0 Å². The molecule has 3 aromatic carbocycles. The van der Waals surface area contributed by atoms with E-state index in [9.17, 15) is 18.7 Å². The van der Waals surface area contributed by atoms with Crippen LogP contribution in [0.2, 0.25) is 0 Å². The summed E-state index contributed by atoms with van der Waals surface area (Å²) in [5.74, 6) is -2.50. The van der Waals surface area contributed by atoms with Crippen molar-refractivity contribution in [1.82, 2.24) is 5.32 Å². The second-order valence-corrected chi connectivity index (χ2v) is 5.83. The van der Waals surface area contributed by atoms with Crippen LogP contribution < -0.4 is 5.32 Å². The molecule has 0 spiro atoms. The molecular weight excluding hydrogens is 336 g/mol. The molecule has 0 aromatic heterocycles. The summed E-state index contributed by atoms with van der Waals surface area (Å²) >= 11 is 0. The Morgan fingerprint density at radius 2 is 1.81 bits per heavy atom. The van der Waals surface area contributed by atoms with Gasteiger partial charge in [0.05, 0.1) is 12.6 Å². The summed E-state index contributed by atoms with van der Waals surface area (Å²) in [6, 6.07) is 16.5. The molecule has 132 valence electrons. The summed E-state index contributed by atoms with van der Waals surface area (Å²) in [6.07, 6.45) is 2.31. The van der Waals surface area contributed by atoms with Crippen LogP contribution >= 0.6 is 0 Å². The minimum absolute atomic E-state index is 0.0218. The summed E-state index contributed by atoms with van der Waals surface area (Å²) in [7, 11) is 0. The average Bonchev–Trinajstić information content (AvgIpc) is 2.67. The first-order chi connectivity index (χ1) is 12.6. The number of carbonyl (C=O) groups is 1. The molecule has 2 N–H and O–H groups in total. The summed E-state index contributed by atoms with van der Waals surface area (Å²) in [5.41, 5.74) is 0.733. The van der Waals surface area contributed by atoms with Crippen LogP contribution in [0, 0.1) is 11.6 Å². The van der Waals surface area contributed by atoms with Crippen molar-refractivity contribution in [3.05, 3.63) is 89.5 Å². The predicted molar refractivity (Wildman–Crippen MR) is 97.3 cm³/mol. The molecule has 26 heavy (non-hydrogen) atoms. The van der Waals surface area contributed by atoms with Gasteiger partial charge in [0.15, 0.2) is 11.6 Å². The first-order valence-corrected chi connectivity index (χ1v) is 8.10. The van der Waals surface area contributed by atoms with Crippen LogP contribution in [0.5, 0.6) is 0 Å². The number of benzene rings is 3. The quantitative estimate of drug-likeness (QED) is 0.682. The molecule has 0 bridgehead atoms. The monoisotopic (exact) mass is 353 g/mol. The molecule has 3 rings (SSSR count). The van der Waals surface area contributed by atoms with Gasteiger partial charge in [0, 0.05) is 11.6 Å². The largest absolute Gasteiger partial charge is 0.394 e. The molecule has 5 heteroatoms. The molecule has 0 aliphatic heterocycles. The van der Waals surface area contributed by atoms with Gasteiger partial charge in [-0.3, -0.25) is 4.79 Å². The lowest BCUT2D eigenvalue weighted by atomic mass is 10.0. The molecule has 0 radical (unpaired) electrons. The predicted octanol–water partition coefficient (Wildman–Crippen LogP) is 3.98. The van der Waals surface area contributed by atoms with E-state index in [-0.39, 0.29) is 12.2 Å². The van der Waals surface area contributed by atoms with E-state index < -0.39 is 23.6 Å². The first-order valence-electron chi connectivity index (χ1n) is 8.10. The molecule has 1 unspecified atom stereocenters. The highest BCUT2D eigenvalue weighted by Gasteiger charge is 2.13. The minimum Gasteiger partial charge on any atom is -0.394 e. The molecule has 1 atom stereocenters. The molecule has 0 aliphatic rings. The van der Waals surface area contributed by atoms with Crippen LogP contribution in [0.1, 0.15) is 17.2 Å². The van der Waals surface area contributed by atoms with E-state index in [0.717, 1.165) is 28.5 Å². The molecular formula is C21H17F2NO2. The van der Waals surface area contributed by atoms with E-state index in [1.807, 2.05) is 42.5 Å². The number of amides is 1. The third kappa shape index (κ3) is 3.95. The number of aliphatic hydroxyl groups is 1. The Morgan fingerprint density at radius 3 is 2.58 bits per heavy atom. The van der Waals surface area contributed by atoms with Crippen molar-refractivity contribution >= 4 is 22.8 Å². The van der Waals surface area contributed by atoms with Crippen molar-refractivity contribution in [3.63, 3.8) is 0 Å². The molecule has 0 saturated carbocycles. The van der Waals surface area contributed by atoms with Gasteiger partial charge in [-0.15, -0.1) is 0 Å². The Morgan fingerprint density at radius 1 is 1.04 bits per heavy atom. The number of carbonyl (C=O) groups excluding carboxylic acids is 1. The van der Waals surface area contributed by atoms with Crippen LogP contribution in [-0.4, -0.2) is 17.6 Å². The molecule has 0 aliphatic carbocycles. The smallest absolute Gasteiger partial charge is 0.244 e. The maximum absolute atomic E-state index is 13.6. The zero-order chi connectivity index (χ0) is 18.5. The van der Waals surface area contributed by atoms with Crippen molar-refractivity contribution < 1.29 is 18.7 Å². The Kier molecular flexibility index (Phi) is 5.39. The number of rotatable bonds is 5. The van der Waals surface area contributed by atoms with Gasteiger partial charge in [0.25, 0.3) is 0 Å². The summed E-state index contributed by atoms with van der Waals surface area (Å²) in [6.45, 7) is -0.285. The summed E-state index contributed by atoms with van der Waals surface area (Å²) in [5, 5.41) is 14.3. The Balaban J connectivity index is 1.75. The van der Waals surface area contributed by atoms with Crippen molar-refractivity contribution in [2.45, 2.75) is 6.04 Å². The topological polar surface area (TPSA) is 49.3 Å². The van der Waals surface area contributed by atoms with Gasteiger partial charge >= 0.3 is 0 Å². The van der Waals surface area contributed by atoms with Gasteiger partial charge in [0.1, 0.15) is 0 Å². The van der Waals surface area contributed by atoms with E-state index in [1.54, 1.807) is 0 Å². The van der Waals surface area contributed by atoms with Crippen LogP contribution in [0.15, 0.2) is 66.7 Å². The number of aliphatic hydroxyl groups excluding tert-OH is 1. The average molecular weight is 353 g/mol. The normalized spacial score (nSPS) is 12.4. The van der Waals surface area contributed by atoms with Crippen LogP contribution in [0.3, 0.4) is 0 Å². The van der Waals surface area contributed by atoms with Crippen LogP contribution in [-0.2, 0) is 4.79 Å². The van der Waals surface area contributed by atoms with Gasteiger partial charge in [-0.05, 0) is 34.5 Å². The third-order valence-electron chi connectivity index (χ3n) is 4.07. The Labute approximate surface area is 149 Å². The third-order valence-corrected chi connectivity index (χ3v) is 4.07. The van der Waals surface area contributed by atoms with Crippen molar-refractivity contribution in [2.75, 3.05) is 6.61 Å². The number of fused-ring (bicyclic) bond motifs is 1. The fraction of sp³-hybridized carbons (Fsp3) is 0.0952. The Bertz CT molecular complexity index is 969. The minimum atomic E-state index is -1.01. The van der Waals surface area contributed by atoms with Gasteiger partial charge in [0.2, 0.25) is 5.91 Å². The van der Waals surface area contributed by atoms with E-state index in [0.29, 0.717) is 0 Å². The summed E-state index contributed by atoms with van der Waals surface area (Å²) < 4.78 is 26.8. The maximum Gasteiger partial charge on any atom is 0.244 e. The summed E-state index contributed by atoms with van der Waals surface area (Å²) in [4.78, 5) is 12.1. The zero-order valence-corrected chi connectivity index (χ0v) is 13.8. The fourth-order valence-corrected chi connectivity index (χ4v) is 2.69. The maximum atomic E-state index is 13.6. The standard InChI is InChI=1S/C21H17F2NO2/c22-18-7-3-6-15(21(18)23)10-11-20(26)24-19(13-25)17-9-8-14-4-1-2-5-16(14)12-17/h1-12,19,25H,13H2,(H,24,26)/b11-10+. The SMILES string of the molecule is O=C(/C=C/c1cccc(F)c1F)NC(CO)c1ccc2ccccc2c1. The number of hydrogen-bond donors (Lipinski definition) is 2. The van der Waals surface area contributed by atoms with Gasteiger partial charge in [-0.25, -0.2) is 8.78 Å². The highest BCUT2D eigenvalue weighted by molar-refractivity contribution is 5.92. The lowest BCUT2D eigenvalue weighted by Gasteiger charge is -2.16. The van der Waals surface area contributed by atoms with Crippen LogP contribution in [0.4, 0.5) is 8.78 Å². The molecule has 0 heterocycles. The van der Waals surface area contributed by atoms with Gasteiger partial charge in [-0.1, -0.05) is 48.5 Å². The van der Waals surface area contributed by atoms with E-state index in [4.69, 9.17) is 0 Å². The second kappa shape index (κ2) is 7.89.